The minimum absolute atomic E-state index is 0.0752. The van der Waals surface area contributed by atoms with Crippen molar-refractivity contribution in [3.8, 4) is 0 Å². The fourth-order valence-corrected chi connectivity index (χ4v) is 5.97. The molecule has 5 rings (SSSR count). The van der Waals surface area contributed by atoms with Crippen LogP contribution >= 0.6 is 11.3 Å². The summed E-state index contributed by atoms with van der Waals surface area (Å²) in [5.41, 5.74) is 2.33. The fraction of sp³-hybridized carbons (Fsp3) is 0.400. The van der Waals surface area contributed by atoms with E-state index in [-0.39, 0.29) is 17.3 Å². The van der Waals surface area contributed by atoms with Gasteiger partial charge in [-0.3, -0.25) is 14.2 Å². The van der Waals surface area contributed by atoms with Crippen molar-refractivity contribution in [2.45, 2.75) is 26.3 Å². The molecule has 0 aliphatic carbocycles. The van der Waals surface area contributed by atoms with Gasteiger partial charge in [0.25, 0.3) is 5.56 Å². The monoisotopic (exact) mass is 481 g/mol. The summed E-state index contributed by atoms with van der Waals surface area (Å²) in [5, 5.41) is 0.626. The number of aryl methyl sites for hydroxylation is 1. The number of carbonyl (C=O) groups is 1. The maximum absolute atomic E-state index is 14.2. The van der Waals surface area contributed by atoms with Gasteiger partial charge in [-0.25, -0.2) is 9.37 Å². The summed E-state index contributed by atoms with van der Waals surface area (Å²) in [6.07, 6.45) is 3.06. The first-order chi connectivity index (χ1) is 16.4. The lowest BCUT2D eigenvalue weighted by Gasteiger charge is -2.38. The molecule has 0 radical (unpaired) electrons. The Balaban J connectivity index is 1.32. The number of amides is 1. The minimum atomic E-state index is -0.202. The van der Waals surface area contributed by atoms with Gasteiger partial charge < -0.3 is 14.7 Å². The number of piperazine rings is 1. The molecular formula is C25H28FN5O2S. The van der Waals surface area contributed by atoms with Crippen molar-refractivity contribution in [1.82, 2.24) is 19.4 Å². The largest absolute Gasteiger partial charge is 0.367 e. The van der Waals surface area contributed by atoms with E-state index in [0.29, 0.717) is 48.5 Å². The number of rotatable bonds is 6. The van der Waals surface area contributed by atoms with E-state index in [1.54, 1.807) is 17.0 Å². The Morgan fingerprint density at radius 2 is 1.88 bits per heavy atom. The summed E-state index contributed by atoms with van der Waals surface area (Å²) in [4.78, 5) is 37.4. The van der Waals surface area contributed by atoms with Gasteiger partial charge in [0.15, 0.2) is 0 Å². The summed E-state index contributed by atoms with van der Waals surface area (Å²) in [6.45, 7) is 10.9. The number of thiophene rings is 1. The Labute approximate surface area is 201 Å². The SMILES string of the molecule is C=C(c1sc2ncn(CCN3CCCC3=O)c(=O)c2c1C)N1CCN(c2ccccc2F)CC1. The number of hydrogen-bond donors (Lipinski definition) is 0. The van der Waals surface area contributed by atoms with Gasteiger partial charge in [0, 0.05) is 57.9 Å². The van der Waals surface area contributed by atoms with Crippen molar-refractivity contribution in [3.05, 3.63) is 63.8 Å². The Kier molecular flexibility index (Phi) is 6.12. The van der Waals surface area contributed by atoms with Crippen LogP contribution in [0, 0.1) is 12.7 Å². The van der Waals surface area contributed by atoms with E-state index < -0.39 is 0 Å². The van der Waals surface area contributed by atoms with Crippen molar-refractivity contribution < 1.29 is 9.18 Å². The number of likely N-dealkylation sites (tertiary alicyclic amines) is 1. The highest BCUT2D eigenvalue weighted by Gasteiger charge is 2.24. The summed E-state index contributed by atoms with van der Waals surface area (Å²) in [5.74, 6) is -0.0472. The molecule has 3 aromatic rings. The quantitative estimate of drug-likeness (QED) is 0.541. The summed E-state index contributed by atoms with van der Waals surface area (Å²) >= 11 is 1.49. The smallest absolute Gasteiger partial charge is 0.262 e. The molecule has 2 aromatic heterocycles. The lowest BCUT2D eigenvalue weighted by molar-refractivity contribution is -0.127. The number of halogens is 1. The van der Waals surface area contributed by atoms with Crippen molar-refractivity contribution in [3.63, 3.8) is 0 Å². The first-order valence-electron chi connectivity index (χ1n) is 11.6. The van der Waals surface area contributed by atoms with Crippen molar-refractivity contribution in [2.24, 2.45) is 0 Å². The first-order valence-corrected chi connectivity index (χ1v) is 12.5. The van der Waals surface area contributed by atoms with Gasteiger partial charge in [-0.15, -0.1) is 11.3 Å². The van der Waals surface area contributed by atoms with Crippen LogP contribution < -0.4 is 10.5 Å². The third kappa shape index (κ3) is 4.09. The zero-order valence-corrected chi connectivity index (χ0v) is 20.1. The van der Waals surface area contributed by atoms with Crippen LogP contribution in [0.15, 0.2) is 42.0 Å². The summed E-state index contributed by atoms with van der Waals surface area (Å²) in [6, 6.07) is 6.86. The highest BCUT2D eigenvalue weighted by Crippen LogP contribution is 2.34. The van der Waals surface area contributed by atoms with Crippen LogP contribution in [0.4, 0.5) is 10.1 Å². The van der Waals surface area contributed by atoms with Crippen LogP contribution in [0.3, 0.4) is 0 Å². The van der Waals surface area contributed by atoms with Crippen molar-refractivity contribution in [1.29, 1.82) is 0 Å². The Bertz CT molecular complexity index is 1310. The second kappa shape index (κ2) is 9.21. The standard InChI is InChI=1S/C25H28FN5O2S/c1-17-22-24(27-16-31(25(22)33)15-14-30-9-5-8-21(30)32)34-23(17)18(2)28-10-12-29(13-11-28)20-7-4-3-6-19(20)26/h3-4,6-7,16H,2,5,8-15H2,1H3. The average molecular weight is 482 g/mol. The molecule has 34 heavy (non-hydrogen) atoms. The number of anilines is 1. The molecule has 1 aromatic carbocycles. The normalized spacial score (nSPS) is 16.6. The van der Waals surface area contributed by atoms with E-state index in [1.165, 1.54) is 17.4 Å². The zero-order chi connectivity index (χ0) is 23.8. The Morgan fingerprint density at radius 1 is 1.12 bits per heavy atom. The maximum atomic E-state index is 14.2. The number of nitrogens with zero attached hydrogens (tertiary/aromatic N) is 5. The molecule has 0 spiro atoms. The third-order valence-electron chi connectivity index (χ3n) is 6.82. The van der Waals surface area contributed by atoms with Gasteiger partial charge in [0.1, 0.15) is 10.6 Å². The van der Waals surface area contributed by atoms with Crippen LogP contribution in [-0.4, -0.2) is 64.5 Å². The van der Waals surface area contributed by atoms with Crippen LogP contribution in [0.2, 0.25) is 0 Å². The first kappa shape index (κ1) is 22.6. The second-order valence-corrected chi connectivity index (χ2v) is 9.84. The predicted octanol–water partition coefficient (Wildman–Crippen LogP) is 3.32. The van der Waals surface area contributed by atoms with Crippen LogP contribution in [0.1, 0.15) is 23.3 Å². The molecule has 0 atom stereocenters. The molecule has 0 bridgehead atoms. The van der Waals surface area contributed by atoms with Crippen LogP contribution in [-0.2, 0) is 11.3 Å². The van der Waals surface area contributed by atoms with Gasteiger partial charge in [-0.2, -0.15) is 0 Å². The number of aromatic nitrogens is 2. The molecule has 2 aliphatic heterocycles. The van der Waals surface area contributed by atoms with E-state index in [0.717, 1.165) is 42.2 Å². The molecule has 4 heterocycles. The van der Waals surface area contributed by atoms with Crippen LogP contribution in [0.25, 0.3) is 15.9 Å². The minimum Gasteiger partial charge on any atom is -0.367 e. The third-order valence-corrected chi connectivity index (χ3v) is 8.06. The summed E-state index contributed by atoms with van der Waals surface area (Å²) in [7, 11) is 0. The molecule has 1 amide bonds. The van der Waals surface area contributed by atoms with Crippen molar-refractivity contribution in [2.75, 3.05) is 44.2 Å². The number of benzene rings is 1. The fourth-order valence-electron chi connectivity index (χ4n) is 4.83. The van der Waals surface area contributed by atoms with E-state index in [2.05, 4.69) is 21.4 Å². The topological polar surface area (TPSA) is 61.7 Å². The van der Waals surface area contributed by atoms with E-state index in [9.17, 15) is 14.0 Å². The molecule has 178 valence electrons. The highest BCUT2D eigenvalue weighted by molar-refractivity contribution is 7.19. The van der Waals surface area contributed by atoms with Crippen molar-refractivity contribution >= 4 is 38.8 Å². The summed E-state index contributed by atoms with van der Waals surface area (Å²) < 4.78 is 15.8. The van der Waals surface area contributed by atoms with Gasteiger partial charge in [0.05, 0.1) is 22.3 Å². The second-order valence-electron chi connectivity index (χ2n) is 8.84. The van der Waals surface area contributed by atoms with Gasteiger partial charge in [-0.05, 0) is 31.0 Å². The number of para-hydroxylation sites is 1. The number of hydrogen-bond acceptors (Lipinski definition) is 6. The Morgan fingerprint density at radius 3 is 2.59 bits per heavy atom. The average Bonchev–Trinajstić information content (AvgIpc) is 3.41. The number of carbonyl (C=O) groups excluding carboxylic acids is 1. The molecule has 9 heteroatoms. The van der Waals surface area contributed by atoms with E-state index >= 15 is 0 Å². The predicted molar refractivity (Wildman–Crippen MR) is 134 cm³/mol. The van der Waals surface area contributed by atoms with Gasteiger partial charge in [-0.1, -0.05) is 18.7 Å². The molecule has 7 nitrogen and oxygen atoms in total. The van der Waals surface area contributed by atoms with Crippen LogP contribution in [0.5, 0.6) is 0 Å². The lowest BCUT2D eigenvalue weighted by Crippen LogP contribution is -2.45. The molecular weight excluding hydrogens is 453 g/mol. The molecule has 2 aliphatic rings. The molecule has 2 saturated heterocycles. The molecule has 2 fully saturated rings. The van der Waals surface area contributed by atoms with E-state index in [4.69, 9.17) is 0 Å². The van der Waals surface area contributed by atoms with E-state index in [1.807, 2.05) is 24.0 Å². The van der Waals surface area contributed by atoms with Gasteiger partial charge >= 0.3 is 0 Å². The molecule has 0 N–H and O–H groups in total. The maximum Gasteiger partial charge on any atom is 0.262 e. The number of fused-ring (bicyclic) bond motifs is 1. The van der Waals surface area contributed by atoms with Gasteiger partial charge in [0.2, 0.25) is 5.91 Å². The Hall–Kier alpha value is -3.20. The zero-order valence-electron chi connectivity index (χ0n) is 19.3. The molecule has 0 saturated carbocycles. The highest BCUT2D eigenvalue weighted by atomic mass is 32.1. The lowest BCUT2D eigenvalue weighted by atomic mass is 10.1. The molecule has 0 unspecified atom stereocenters.